The Labute approximate surface area is 159 Å². The molecule has 2 amide bonds. The summed E-state index contributed by atoms with van der Waals surface area (Å²) < 4.78 is 5.84. The molecular weight excluding hydrogens is 340 g/mol. The molecular formula is C22H24N2O3. The van der Waals surface area contributed by atoms with E-state index in [1.54, 1.807) is 4.90 Å². The molecule has 1 aliphatic heterocycles. The van der Waals surface area contributed by atoms with Gasteiger partial charge in [0.05, 0.1) is 0 Å². The summed E-state index contributed by atoms with van der Waals surface area (Å²) in [6.07, 6.45) is 3.55. The predicted octanol–water partition coefficient (Wildman–Crippen LogP) is 4.13. The van der Waals surface area contributed by atoms with Gasteiger partial charge in [0, 0.05) is 18.2 Å². The van der Waals surface area contributed by atoms with Gasteiger partial charge in [-0.25, -0.2) is 0 Å². The topological polar surface area (TPSA) is 58.6 Å². The first-order valence-electron chi connectivity index (χ1n) is 9.56. The monoisotopic (exact) mass is 364 g/mol. The van der Waals surface area contributed by atoms with Crippen molar-refractivity contribution in [3.05, 3.63) is 54.1 Å². The fourth-order valence-corrected chi connectivity index (χ4v) is 3.51. The van der Waals surface area contributed by atoms with Gasteiger partial charge in [-0.1, -0.05) is 12.1 Å². The van der Waals surface area contributed by atoms with E-state index in [0.29, 0.717) is 18.0 Å². The summed E-state index contributed by atoms with van der Waals surface area (Å²) in [6.45, 7) is 2.71. The summed E-state index contributed by atoms with van der Waals surface area (Å²) in [6, 6.07) is 14.8. The van der Waals surface area contributed by atoms with Gasteiger partial charge < -0.3 is 15.0 Å². The SMILES string of the molecule is Cc1cccc(Oc2ccc(NC(=O)C3CCCN3C(=O)C3CC3)cc2)c1. The number of hydrogen-bond acceptors (Lipinski definition) is 3. The van der Waals surface area contributed by atoms with Gasteiger partial charge in [-0.2, -0.15) is 0 Å². The Bertz CT molecular complexity index is 843. The standard InChI is InChI=1S/C22H24N2O3/c1-15-4-2-5-19(14-15)27-18-11-9-17(10-12-18)23-21(25)20-6-3-13-24(20)22(26)16-7-8-16/h2,4-5,9-12,14,16,20H,3,6-8,13H2,1H3,(H,23,25). The first-order valence-corrected chi connectivity index (χ1v) is 9.56. The highest BCUT2D eigenvalue weighted by atomic mass is 16.5. The first-order chi connectivity index (χ1) is 13.1. The Morgan fingerprint density at radius 2 is 1.81 bits per heavy atom. The number of ether oxygens (including phenoxy) is 1. The van der Waals surface area contributed by atoms with Crippen molar-refractivity contribution in [3.8, 4) is 11.5 Å². The highest BCUT2D eigenvalue weighted by molar-refractivity contribution is 5.98. The molecule has 2 aromatic rings. The lowest BCUT2D eigenvalue weighted by molar-refractivity contribution is -0.137. The average Bonchev–Trinajstić information content (AvgIpc) is 3.39. The number of aryl methyl sites for hydroxylation is 1. The summed E-state index contributed by atoms with van der Waals surface area (Å²) in [5.41, 5.74) is 1.85. The van der Waals surface area contributed by atoms with Crippen LogP contribution in [0.15, 0.2) is 48.5 Å². The number of nitrogens with one attached hydrogen (secondary N) is 1. The molecule has 1 unspecified atom stereocenters. The van der Waals surface area contributed by atoms with Crippen molar-refractivity contribution in [2.75, 3.05) is 11.9 Å². The van der Waals surface area contributed by atoms with Gasteiger partial charge in [0.2, 0.25) is 11.8 Å². The number of carbonyl (C=O) groups is 2. The van der Waals surface area contributed by atoms with E-state index in [2.05, 4.69) is 5.32 Å². The largest absolute Gasteiger partial charge is 0.457 e. The maximum Gasteiger partial charge on any atom is 0.247 e. The Morgan fingerprint density at radius 1 is 1.04 bits per heavy atom. The van der Waals surface area contributed by atoms with Crippen molar-refractivity contribution in [1.29, 1.82) is 0 Å². The van der Waals surface area contributed by atoms with Crippen LogP contribution in [0.2, 0.25) is 0 Å². The first kappa shape index (κ1) is 17.6. The van der Waals surface area contributed by atoms with E-state index < -0.39 is 0 Å². The van der Waals surface area contributed by atoms with E-state index in [1.165, 1.54) is 0 Å². The number of rotatable bonds is 5. The van der Waals surface area contributed by atoms with Gasteiger partial charge in [0.25, 0.3) is 0 Å². The number of benzene rings is 2. The highest BCUT2D eigenvalue weighted by Gasteiger charge is 2.40. The minimum Gasteiger partial charge on any atom is -0.457 e. The molecule has 2 fully saturated rings. The molecule has 5 heteroatoms. The van der Waals surface area contributed by atoms with Crippen molar-refractivity contribution < 1.29 is 14.3 Å². The number of amides is 2. The third-order valence-electron chi connectivity index (χ3n) is 5.11. The minimum absolute atomic E-state index is 0.103. The van der Waals surface area contributed by atoms with Crippen LogP contribution in [0.5, 0.6) is 11.5 Å². The van der Waals surface area contributed by atoms with Crippen LogP contribution in [0.4, 0.5) is 5.69 Å². The molecule has 2 aliphatic rings. The Balaban J connectivity index is 1.37. The quantitative estimate of drug-likeness (QED) is 0.868. The molecule has 1 aliphatic carbocycles. The maximum absolute atomic E-state index is 12.6. The fraction of sp³-hybridized carbons (Fsp3) is 0.364. The van der Waals surface area contributed by atoms with Crippen molar-refractivity contribution in [2.45, 2.75) is 38.6 Å². The van der Waals surface area contributed by atoms with Crippen molar-refractivity contribution >= 4 is 17.5 Å². The molecule has 0 bridgehead atoms. The van der Waals surface area contributed by atoms with Gasteiger partial charge in [-0.05, 0) is 74.6 Å². The van der Waals surface area contributed by atoms with Crippen LogP contribution >= 0.6 is 0 Å². The lowest BCUT2D eigenvalue weighted by Crippen LogP contribution is -2.43. The van der Waals surface area contributed by atoms with Gasteiger partial charge >= 0.3 is 0 Å². The second kappa shape index (κ2) is 7.43. The van der Waals surface area contributed by atoms with Crippen molar-refractivity contribution in [3.63, 3.8) is 0 Å². The lowest BCUT2D eigenvalue weighted by atomic mass is 10.2. The summed E-state index contributed by atoms with van der Waals surface area (Å²) >= 11 is 0. The van der Waals surface area contributed by atoms with E-state index >= 15 is 0 Å². The second-order valence-electron chi connectivity index (χ2n) is 7.40. The van der Waals surface area contributed by atoms with Crippen LogP contribution in [0.3, 0.4) is 0 Å². The van der Waals surface area contributed by atoms with Gasteiger partial charge in [-0.3, -0.25) is 9.59 Å². The number of nitrogens with zero attached hydrogens (tertiary/aromatic N) is 1. The molecule has 5 nitrogen and oxygen atoms in total. The Hall–Kier alpha value is -2.82. The second-order valence-corrected chi connectivity index (χ2v) is 7.40. The minimum atomic E-state index is -0.346. The zero-order valence-corrected chi connectivity index (χ0v) is 15.5. The lowest BCUT2D eigenvalue weighted by Gasteiger charge is -2.24. The summed E-state index contributed by atoms with van der Waals surface area (Å²) in [5.74, 6) is 1.69. The van der Waals surface area contributed by atoms with Crippen LogP contribution in [-0.4, -0.2) is 29.3 Å². The molecule has 1 N–H and O–H groups in total. The molecule has 1 saturated carbocycles. The molecule has 0 aromatic heterocycles. The predicted molar refractivity (Wildman–Crippen MR) is 104 cm³/mol. The zero-order valence-electron chi connectivity index (χ0n) is 15.5. The molecule has 0 radical (unpaired) electrons. The average molecular weight is 364 g/mol. The number of hydrogen-bond donors (Lipinski definition) is 1. The third-order valence-corrected chi connectivity index (χ3v) is 5.11. The Kier molecular flexibility index (Phi) is 4.84. The molecule has 1 heterocycles. The van der Waals surface area contributed by atoms with Crippen molar-refractivity contribution in [2.24, 2.45) is 5.92 Å². The van der Waals surface area contributed by atoms with E-state index in [9.17, 15) is 9.59 Å². The molecule has 27 heavy (non-hydrogen) atoms. The van der Waals surface area contributed by atoms with Crippen LogP contribution < -0.4 is 10.1 Å². The Morgan fingerprint density at radius 3 is 2.52 bits per heavy atom. The molecule has 1 atom stereocenters. The third kappa shape index (κ3) is 4.13. The molecule has 140 valence electrons. The van der Waals surface area contributed by atoms with E-state index in [4.69, 9.17) is 4.74 Å². The van der Waals surface area contributed by atoms with E-state index in [1.807, 2.05) is 55.5 Å². The summed E-state index contributed by atoms with van der Waals surface area (Å²) in [4.78, 5) is 26.8. The molecule has 0 spiro atoms. The van der Waals surface area contributed by atoms with E-state index in [0.717, 1.165) is 37.0 Å². The fourth-order valence-electron chi connectivity index (χ4n) is 3.51. The summed E-state index contributed by atoms with van der Waals surface area (Å²) in [7, 11) is 0. The summed E-state index contributed by atoms with van der Waals surface area (Å²) in [5, 5.41) is 2.94. The van der Waals surface area contributed by atoms with Gasteiger partial charge in [-0.15, -0.1) is 0 Å². The zero-order chi connectivity index (χ0) is 18.8. The maximum atomic E-state index is 12.6. The van der Waals surface area contributed by atoms with Gasteiger partial charge in [0.15, 0.2) is 0 Å². The van der Waals surface area contributed by atoms with Crippen molar-refractivity contribution in [1.82, 2.24) is 4.90 Å². The normalized spacial score (nSPS) is 19.0. The molecule has 1 saturated heterocycles. The smallest absolute Gasteiger partial charge is 0.247 e. The van der Waals surface area contributed by atoms with Crippen LogP contribution in [0, 0.1) is 12.8 Å². The highest BCUT2D eigenvalue weighted by Crippen LogP contribution is 2.34. The molecule has 2 aromatic carbocycles. The van der Waals surface area contributed by atoms with Gasteiger partial charge in [0.1, 0.15) is 17.5 Å². The van der Waals surface area contributed by atoms with Crippen LogP contribution in [-0.2, 0) is 9.59 Å². The van der Waals surface area contributed by atoms with E-state index in [-0.39, 0.29) is 23.8 Å². The number of carbonyl (C=O) groups excluding carboxylic acids is 2. The number of likely N-dealkylation sites (tertiary alicyclic amines) is 1. The van der Waals surface area contributed by atoms with Crippen LogP contribution in [0.25, 0.3) is 0 Å². The molecule has 4 rings (SSSR count). The van der Waals surface area contributed by atoms with Crippen LogP contribution in [0.1, 0.15) is 31.2 Å². The number of anilines is 1.